The van der Waals surface area contributed by atoms with Gasteiger partial charge >= 0.3 is 0 Å². The normalized spacial score (nSPS) is 9.93. The highest BCUT2D eigenvalue weighted by atomic mass is 127. The summed E-state index contributed by atoms with van der Waals surface area (Å²) in [5, 5.41) is 0. The van der Waals surface area contributed by atoms with Crippen LogP contribution in [0.5, 0.6) is 5.75 Å². The molecule has 0 spiro atoms. The lowest BCUT2D eigenvalue weighted by Gasteiger charge is -2.05. The average molecular weight is 304 g/mol. The Balaban J connectivity index is 2.89. The Bertz CT molecular complexity index is 334. The van der Waals surface area contributed by atoms with Crippen LogP contribution in [0.1, 0.15) is 18.9 Å². The SMILES string of the molecule is CCC(=O)Cc1cc(OC)ccc1I. The van der Waals surface area contributed by atoms with Crippen molar-refractivity contribution in [3.05, 3.63) is 27.3 Å². The number of methoxy groups -OCH3 is 1. The van der Waals surface area contributed by atoms with Gasteiger partial charge in [-0.2, -0.15) is 0 Å². The fraction of sp³-hybridized carbons (Fsp3) is 0.364. The summed E-state index contributed by atoms with van der Waals surface area (Å²) in [7, 11) is 1.63. The van der Waals surface area contributed by atoms with Crippen molar-refractivity contribution in [2.75, 3.05) is 7.11 Å². The summed E-state index contributed by atoms with van der Waals surface area (Å²) >= 11 is 2.24. The van der Waals surface area contributed by atoms with E-state index in [-0.39, 0.29) is 5.78 Å². The summed E-state index contributed by atoms with van der Waals surface area (Å²) in [5.74, 6) is 1.07. The fourth-order valence-corrected chi connectivity index (χ4v) is 1.68. The van der Waals surface area contributed by atoms with Gasteiger partial charge in [-0.25, -0.2) is 0 Å². The van der Waals surface area contributed by atoms with Gasteiger partial charge in [0.15, 0.2) is 0 Å². The third-order valence-corrected chi connectivity index (χ3v) is 3.09. The van der Waals surface area contributed by atoms with E-state index in [0.717, 1.165) is 14.9 Å². The Labute approximate surface area is 97.8 Å². The molecule has 0 aromatic heterocycles. The van der Waals surface area contributed by atoms with Crippen molar-refractivity contribution in [1.82, 2.24) is 0 Å². The fourth-order valence-electron chi connectivity index (χ4n) is 1.15. The minimum Gasteiger partial charge on any atom is -0.497 e. The molecule has 0 atom stereocenters. The van der Waals surface area contributed by atoms with Crippen LogP contribution in [0.15, 0.2) is 18.2 Å². The summed E-state index contributed by atoms with van der Waals surface area (Å²) in [5.41, 5.74) is 1.05. The standard InChI is InChI=1S/C11H13IO2/c1-3-9(13)6-8-7-10(14-2)4-5-11(8)12/h4-5,7H,3,6H2,1-2H3. The van der Waals surface area contributed by atoms with Gasteiger partial charge in [-0.1, -0.05) is 6.92 Å². The molecule has 2 nitrogen and oxygen atoms in total. The maximum absolute atomic E-state index is 11.3. The second kappa shape index (κ2) is 5.34. The van der Waals surface area contributed by atoms with E-state index < -0.39 is 0 Å². The van der Waals surface area contributed by atoms with Crippen molar-refractivity contribution < 1.29 is 9.53 Å². The molecule has 0 aliphatic heterocycles. The van der Waals surface area contributed by atoms with Gasteiger partial charge in [0.05, 0.1) is 7.11 Å². The van der Waals surface area contributed by atoms with Crippen molar-refractivity contribution >= 4 is 28.4 Å². The zero-order chi connectivity index (χ0) is 10.6. The van der Waals surface area contributed by atoms with Crippen molar-refractivity contribution in [2.24, 2.45) is 0 Å². The second-order valence-corrected chi connectivity index (χ2v) is 4.19. The van der Waals surface area contributed by atoms with Gasteiger partial charge in [-0.05, 0) is 46.4 Å². The van der Waals surface area contributed by atoms with Gasteiger partial charge in [0.2, 0.25) is 0 Å². The maximum Gasteiger partial charge on any atom is 0.137 e. The predicted molar refractivity (Wildman–Crippen MR) is 64.7 cm³/mol. The van der Waals surface area contributed by atoms with Gasteiger partial charge in [0.1, 0.15) is 11.5 Å². The number of hydrogen-bond acceptors (Lipinski definition) is 2. The van der Waals surface area contributed by atoms with Crippen molar-refractivity contribution in [3.8, 4) is 5.75 Å². The Morgan fingerprint density at radius 2 is 2.21 bits per heavy atom. The molecule has 0 radical (unpaired) electrons. The van der Waals surface area contributed by atoms with Crippen LogP contribution < -0.4 is 4.74 Å². The molecule has 3 heteroatoms. The number of carbonyl (C=O) groups excluding carboxylic acids is 1. The van der Waals surface area contributed by atoms with Crippen molar-refractivity contribution in [2.45, 2.75) is 19.8 Å². The van der Waals surface area contributed by atoms with Crippen molar-refractivity contribution in [1.29, 1.82) is 0 Å². The summed E-state index contributed by atoms with van der Waals surface area (Å²) in [6.07, 6.45) is 1.10. The molecule has 0 N–H and O–H groups in total. The molecule has 0 bridgehead atoms. The first kappa shape index (κ1) is 11.5. The molecule has 0 amide bonds. The second-order valence-electron chi connectivity index (χ2n) is 3.03. The number of hydrogen-bond donors (Lipinski definition) is 0. The van der Waals surface area contributed by atoms with Crippen LogP contribution in [0, 0.1) is 3.57 Å². The van der Waals surface area contributed by atoms with Crippen LogP contribution >= 0.6 is 22.6 Å². The minimum absolute atomic E-state index is 0.260. The predicted octanol–water partition coefficient (Wildman–Crippen LogP) is 2.82. The summed E-state index contributed by atoms with van der Waals surface area (Å²) in [4.78, 5) is 11.3. The van der Waals surface area contributed by atoms with E-state index in [1.54, 1.807) is 7.11 Å². The number of benzene rings is 1. The Morgan fingerprint density at radius 3 is 2.79 bits per heavy atom. The quantitative estimate of drug-likeness (QED) is 0.800. The molecule has 1 aromatic rings. The van der Waals surface area contributed by atoms with E-state index >= 15 is 0 Å². The molecule has 0 heterocycles. The van der Waals surface area contributed by atoms with Gasteiger partial charge in [0.25, 0.3) is 0 Å². The molecule has 0 fully saturated rings. The first-order valence-electron chi connectivity index (χ1n) is 4.51. The molecule has 0 saturated carbocycles. The first-order valence-corrected chi connectivity index (χ1v) is 5.59. The molecular weight excluding hydrogens is 291 g/mol. The maximum atomic E-state index is 11.3. The van der Waals surface area contributed by atoms with Gasteiger partial charge in [-0.15, -0.1) is 0 Å². The molecular formula is C11H13IO2. The van der Waals surface area contributed by atoms with Crippen LogP contribution in [-0.2, 0) is 11.2 Å². The first-order chi connectivity index (χ1) is 6.67. The van der Waals surface area contributed by atoms with Crippen LogP contribution in [0.25, 0.3) is 0 Å². The third-order valence-electron chi connectivity index (χ3n) is 2.03. The van der Waals surface area contributed by atoms with E-state index in [2.05, 4.69) is 22.6 Å². The number of ether oxygens (including phenoxy) is 1. The Hall–Kier alpha value is -0.580. The van der Waals surface area contributed by atoms with Gasteiger partial charge in [-0.3, -0.25) is 4.79 Å². The molecule has 0 aliphatic rings. The largest absolute Gasteiger partial charge is 0.497 e. The zero-order valence-electron chi connectivity index (χ0n) is 8.34. The monoisotopic (exact) mass is 304 g/mol. The van der Waals surface area contributed by atoms with E-state index in [1.807, 2.05) is 25.1 Å². The summed E-state index contributed by atoms with van der Waals surface area (Å²) < 4.78 is 6.23. The van der Waals surface area contributed by atoms with Crippen molar-refractivity contribution in [3.63, 3.8) is 0 Å². The molecule has 0 unspecified atom stereocenters. The topological polar surface area (TPSA) is 26.3 Å². The highest BCUT2D eigenvalue weighted by Crippen LogP contribution is 2.20. The highest BCUT2D eigenvalue weighted by molar-refractivity contribution is 14.1. The van der Waals surface area contributed by atoms with E-state index in [4.69, 9.17) is 4.74 Å². The number of carbonyl (C=O) groups is 1. The van der Waals surface area contributed by atoms with E-state index in [9.17, 15) is 4.79 Å². The Kier molecular flexibility index (Phi) is 4.38. The van der Waals surface area contributed by atoms with Crippen LogP contribution in [0.2, 0.25) is 0 Å². The zero-order valence-corrected chi connectivity index (χ0v) is 10.5. The molecule has 1 aromatic carbocycles. The molecule has 0 aliphatic carbocycles. The average Bonchev–Trinajstić information content (AvgIpc) is 2.21. The van der Waals surface area contributed by atoms with Crippen LogP contribution in [-0.4, -0.2) is 12.9 Å². The van der Waals surface area contributed by atoms with E-state index in [1.165, 1.54) is 0 Å². The summed E-state index contributed by atoms with van der Waals surface area (Å²) in [6, 6.07) is 5.80. The van der Waals surface area contributed by atoms with Crippen LogP contribution in [0.4, 0.5) is 0 Å². The lowest BCUT2D eigenvalue weighted by atomic mass is 10.1. The third kappa shape index (κ3) is 2.97. The molecule has 0 saturated heterocycles. The van der Waals surface area contributed by atoms with Gasteiger partial charge in [0, 0.05) is 16.4 Å². The highest BCUT2D eigenvalue weighted by Gasteiger charge is 2.06. The Morgan fingerprint density at radius 1 is 1.50 bits per heavy atom. The van der Waals surface area contributed by atoms with Gasteiger partial charge < -0.3 is 4.74 Å². The molecule has 1 rings (SSSR count). The molecule has 76 valence electrons. The summed E-state index contributed by atoms with van der Waals surface area (Å²) in [6.45, 7) is 1.88. The lowest BCUT2D eigenvalue weighted by Crippen LogP contribution is -2.02. The lowest BCUT2D eigenvalue weighted by molar-refractivity contribution is -0.118. The number of rotatable bonds is 4. The van der Waals surface area contributed by atoms with E-state index in [0.29, 0.717) is 12.8 Å². The number of ketones is 1. The number of halogens is 1. The smallest absolute Gasteiger partial charge is 0.137 e. The number of Topliss-reactive ketones (excluding diaryl/α,β-unsaturated/α-hetero) is 1. The van der Waals surface area contributed by atoms with Crippen LogP contribution in [0.3, 0.4) is 0 Å². The minimum atomic E-state index is 0.260. The molecule has 14 heavy (non-hydrogen) atoms.